The second kappa shape index (κ2) is 5.10. The predicted octanol–water partition coefficient (Wildman–Crippen LogP) is 3.22. The van der Waals surface area contributed by atoms with Crippen molar-refractivity contribution < 1.29 is 9.18 Å². The van der Waals surface area contributed by atoms with Crippen LogP contribution in [0.4, 0.5) is 4.39 Å². The van der Waals surface area contributed by atoms with Gasteiger partial charge in [-0.05, 0) is 46.5 Å². The van der Waals surface area contributed by atoms with Crippen molar-refractivity contribution in [3.05, 3.63) is 34.1 Å². The lowest BCUT2D eigenvalue weighted by Crippen LogP contribution is -2.41. The first-order chi connectivity index (χ1) is 8.43. The van der Waals surface area contributed by atoms with E-state index in [0.717, 1.165) is 24.8 Å². The van der Waals surface area contributed by atoms with Crippen LogP contribution in [0.25, 0.3) is 0 Å². The largest absolute Gasteiger partial charge is 0.327 e. The van der Waals surface area contributed by atoms with Gasteiger partial charge in [0.1, 0.15) is 11.6 Å². The molecule has 1 saturated carbocycles. The summed E-state index contributed by atoms with van der Waals surface area (Å²) in [6, 6.07) is 4.65. The van der Waals surface area contributed by atoms with E-state index in [2.05, 4.69) is 15.9 Å². The Labute approximate surface area is 115 Å². The Hall–Kier alpha value is -0.740. The highest BCUT2D eigenvalue weighted by Crippen LogP contribution is 2.38. The molecule has 2 N–H and O–H groups in total. The molecule has 4 heteroatoms. The van der Waals surface area contributed by atoms with Gasteiger partial charge in [-0.25, -0.2) is 4.39 Å². The lowest BCUT2D eigenvalue weighted by Gasteiger charge is -2.27. The van der Waals surface area contributed by atoms with E-state index in [9.17, 15) is 9.18 Å². The van der Waals surface area contributed by atoms with Crippen LogP contribution in [-0.4, -0.2) is 11.8 Å². The molecule has 2 atom stereocenters. The molecule has 0 spiro atoms. The molecule has 0 aliphatic heterocycles. The van der Waals surface area contributed by atoms with Crippen LogP contribution in [-0.2, 0) is 11.2 Å². The van der Waals surface area contributed by atoms with Crippen molar-refractivity contribution in [2.75, 3.05) is 0 Å². The molecule has 18 heavy (non-hydrogen) atoms. The Kier molecular flexibility index (Phi) is 3.87. The molecule has 0 heterocycles. The highest BCUT2D eigenvalue weighted by Gasteiger charge is 2.42. The first-order valence-corrected chi connectivity index (χ1v) is 6.95. The molecule has 1 aromatic carbocycles. The van der Waals surface area contributed by atoms with Crippen LogP contribution >= 0.6 is 15.9 Å². The van der Waals surface area contributed by atoms with Crippen LogP contribution in [0.3, 0.4) is 0 Å². The van der Waals surface area contributed by atoms with Crippen LogP contribution in [0.5, 0.6) is 0 Å². The standard InChI is InChI=1S/C14H17BrFNO/c1-14(6-2-3-12(14)17)13(18)8-9-4-5-11(16)10(15)7-9/h4-5,7,12H,2-3,6,8,17H2,1H3. The van der Waals surface area contributed by atoms with E-state index in [1.807, 2.05) is 6.92 Å². The van der Waals surface area contributed by atoms with E-state index in [0.29, 0.717) is 10.9 Å². The average Bonchev–Trinajstić information content (AvgIpc) is 2.66. The van der Waals surface area contributed by atoms with E-state index in [1.165, 1.54) is 6.07 Å². The Morgan fingerprint density at radius 2 is 2.33 bits per heavy atom. The summed E-state index contributed by atoms with van der Waals surface area (Å²) in [4.78, 5) is 12.4. The lowest BCUT2D eigenvalue weighted by atomic mass is 9.78. The fraction of sp³-hybridized carbons (Fsp3) is 0.500. The molecular weight excluding hydrogens is 297 g/mol. The third kappa shape index (κ3) is 2.50. The van der Waals surface area contributed by atoms with Crippen molar-refractivity contribution in [1.82, 2.24) is 0 Å². The molecule has 1 aliphatic rings. The summed E-state index contributed by atoms with van der Waals surface area (Å²) in [6.45, 7) is 1.95. The molecule has 0 amide bonds. The molecule has 1 aliphatic carbocycles. The molecule has 0 aromatic heterocycles. The van der Waals surface area contributed by atoms with E-state index >= 15 is 0 Å². The van der Waals surface area contributed by atoms with Gasteiger partial charge in [-0.3, -0.25) is 4.79 Å². The second-order valence-corrected chi connectivity index (χ2v) is 6.12. The smallest absolute Gasteiger partial charge is 0.144 e. The van der Waals surface area contributed by atoms with Gasteiger partial charge in [-0.1, -0.05) is 19.4 Å². The SMILES string of the molecule is CC1(C(=O)Cc2ccc(F)c(Br)c2)CCCC1N. The van der Waals surface area contributed by atoms with Crippen molar-refractivity contribution in [3.63, 3.8) is 0 Å². The van der Waals surface area contributed by atoms with E-state index < -0.39 is 5.41 Å². The molecule has 2 rings (SSSR count). The van der Waals surface area contributed by atoms with E-state index in [4.69, 9.17) is 5.73 Å². The zero-order chi connectivity index (χ0) is 13.3. The predicted molar refractivity (Wildman–Crippen MR) is 72.7 cm³/mol. The van der Waals surface area contributed by atoms with Gasteiger partial charge in [-0.2, -0.15) is 0 Å². The van der Waals surface area contributed by atoms with Crippen molar-refractivity contribution in [2.24, 2.45) is 11.1 Å². The van der Waals surface area contributed by atoms with Gasteiger partial charge >= 0.3 is 0 Å². The quantitative estimate of drug-likeness (QED) is 0.931. The van der Waals surface area contributed by atoms with Crippen LogP contribution in [0.15, 0.2) is 22.7 Å². The highest BCUT2D eigenvalue weighted by atomic mass is 79.9. The molecule has 1 aromatic rings. The molecule has 2 nitrogen and oxygen atoms in total. The average molecular weight is 314 g/mol. The summed E-state index contributed by atoms with van der Waals surface area (Å²) >= 11 is 3.13. The van der Waals surface area contributed by atoms with Crippen molar-refractivity contribution in [1.29, 1.82) is 0 Å². The summed E-state index contributed by atoms with van der Waals surface area (Å²) in [5.41, 5.74) is 6.44. The van der Waals surface area contributed by atoms with Crippen molar-refractivity contribution in [3.8, 4) is 0 Å². The van der Waals surface area contributed by atoms with Gasteiger partial charge in [-0.15, -0.1) is 0 Å². The highest BCUT2D eigenvalue weighted by molar-refractivity contribution is 9.10. The molecule has 0 saturated heterocycles. The van der Waals surface area contributed by atoms with Crippen LogP contribution in [0.1, 0.15) is 31.7 Å². The number of hydrogen-bond acceptors (Lipinski definition) is 2. The Morgan fingerprint density at radius 1 is 1.61 bits per heavy atom. The maximum absolute atomic E-state index is 13.1. The second-order valence-electron chi connectivity index (χ2n) is 5.26. The van der Waals surface area contributed by atoms with Crippen molar-refractivity contribution >= 4 is 21.7 Å². The monoisotopic (exact) mass is 313 g/mol. The summed E-state index contributed by atoms with van der Waals surface area (Å²) in [5, 5.41) is 0. The summed E-state index contributed by atoms with van der Waals surface area (Å²) in [7, 11) is 0. The molecular formula is C14H17BrFNO. The zero-order valence-corrected chi connectivity index (χ0v) is 12.0. The third-order valence-electron chi connectivity index (χ3n) is 4.02. The van der Waals surface area contributed by atoms with Gasteiger partial charge in [0, 0.05) is 17.9 Å². The van der Waals surface area contributed by atoms with Crippen LogP contribution in [0.2, 0.25) is 0 Å². The number of halogens is 2. The van der Waals surface area contributed by atoms with Gasteiger partial charge in [0.15, 0.2) is 0 Å². The number of benzene rings is 1. The van der Waals surface area contributed by atoms with Crippen LogP contribution < -0.4 is 5.73 Å². The van der Waals surface area contributed by atoms with Gasteiger partial charge in [0.25, 0.3) is 0 Å². The summed E-state index contributed by atoms with van der Waals surface area (Å²) in [5.74, 6) is -0.152. The first-order valence-electron chi connectivity index (χ1n) is 6.16. The minimum Gasteiger partial charge on any atom is -0.327 e. The lowest BCUT2D eigenvalue weighted by molar-refractivity contribution is -0.127. The third-order valence-corrected chi connectivity index (χ3v) is 4.62. The maximum atomic E-state index is 13.1. The van der Waals surface area contributed by atoms with Crippen molar-refractivity contribution in [2.45, 2.75) is 38.6 Å². The van der Waals surface area contributed by atoms with E-state index in [-0.39, 0.29) is 17.6 Å². The maximum Gasteiger partial charge on any atom is 0.144 e. The van der Waals surface area contributed by atoms with Gasteiger partial charge in [0.2, 0.25) is 0 Å². The number of Topliss-reactive ketones (excluding diaryl/α,β-unsaturated/α-hetero) is 1. The summed E-state index contributed by atoms with van der Waals surface area (Å²) < 4.78 is 13.5. The number of carbonyl (C=O) groups excluding carboxylic acids is 1. The number of hydrogen-bond donors (Lipinski definition) is 1. The van der Waals surface area contributed by atoms with E-state index in [1.54, 1.807) is 12.1 Å². The number of ketones is 1. The molecule has 0 radical (unpaired) electrons. The fourth-order valence-electron chi connectivity index (χ4n) is 2.58. The first kappa shape index (κ1) is 13.7. The minimum absolute atomic E-state index is 0.0473. The van der Waals surface area contributed by atoms with Crippen LogP contribution in [0, 0.1) is 11.2 Å². The molecule has 2 unspecified atom stereocenters. The zero-order valence-electron chi connectivity index (χ0n) is 10.4. The Morgan fingerprint density at radius 3 is 2.89 bits per heavy atom. The van der Waals surface area contributed by atoms with Gasteiger partial charge < -0.3 is 5.73 Å². The topological polar surface area (TPSA) is 43.1 Å². The number of rotatable bonds is 3. The summed E-state index contributed by atoms with van der Waals surface area (Å²) in [6.07, 6.45) is 3.10. The minimum atomic E-state index is -0.416. The number of nitrogens with two attached hydrogens (primary N) is 1. The molecule has 0 bridgehead atoms. The molecule has 1 fully saturated rings. The molecule has 98 valence electrons. The Balaban J connectivity index is 2.14. The normalized spacial score (nSPS) is 27.4. The Bertz CT molecular complexity index is 477. The van der Waals surface area contributed by atoms with Gasteiger partial charge in [0.05, 0.1) is 4.47 Å². The number of carbonyl (C=O) groups is 1. The fourth-order valence-corrected chi connectivity index (χ4v) is 3.00.